The number of aliphatic hydroxyl groups is 1. The smallest absolute Gasteiger partial charge is 0.417 e. The summed E-state index contributed by atoms with van der Waals surface area (Å²) in [5.41, 5.74) is 1.72. The molecule has 11 heteroatoms. The minimum atomic E-state index is -2.12. The molecule has 0 aliphatic rings. The lowest BCUT2D eigenvalue weighted by Crippen LogP contribution is -2.35. The molecular formula is C28H22ClN5O5. The number of nitrogens with one attached hydrogen (secondary N) is 1. The van der Waals surface area contributed by atoms with Gasteiger partial charge in [-0.05, 0) is 5.56 Å². The normalized spacial score (nSPS) is 12.2. The zero-order chi connectivity index (χ0) is 27.4. The van der Waals surface area contributed by atoms with Crippen LogP contribution in [0.3, 0.4) is 0 Å². The van der Waals surface area contributed by atoms with E-state index in [9.17, 15) is 19.8 Å². The van der Waals surface area contributed by atoms with Gasteiger partial charge in [0.1, 0.15) is 11.6 Å². The molecule has 3 N–H and O–H groups in total. The second kappa shape index (κ2) is 10.9. The minimum Gasteiger partial charge on any atom is -0.480 e. The molecule has 3 aromatic carbocycles. The second-order valence-corrected chi connectivity index (χ2v) is 8.95. The second-order valence-electron chi connectivity index (χ2n) is 8.60. The number of carboxylic acid groups (broad SMARTS) is 1. The Morgan fingerprint density at radius 2 is 1.49 bits per heavy atom. The summed E-state index contributed by atoms with van der Waals surface area (Å²) in [7, 11) is 0. The van der Waals surface area contributed by atoms with Gasteiger partial charge in [-0.3, -0.25) is 5.32 Å². The number of imidazole rings is 1. The number of benzene rings is 3. The van der Waals surface area contributed by atoms with Gasteiger partial charge < -0.3 is 19.5 Å². The van der Waals surface area contributed by atoms with Crippen molar-refractivity contribution in [3.05, 3.63) is 119 Å². The molecule has 5 aromatic rings. The zero-order valence-corrected chi connectivity index (χ0v) is 21.1. The molecule has 0 aliphatic heterocycles. The van der Waals surface area contributed by atoms with Crippen LogP contribution in [-0.4, -0.2) is 41.8 Å². The predicted octanol–water partition coefficient (Wildman–Crippen LogP) is 4.79. The molecule has 0 spiro atoms. The number of hydrogen-bond acceptors (Lipinski definition) is 7. The lowest BCUT2D eigenvalue weighted by atomic mass is 9.97. The Morgan fingerprint density at radius 3 is 2.05 bits per heavy atom. The van der Waals surface area contributed by atoms with Crippen molar-refractivity contribution in [1.82, 2.24) is 19.5 Å². The van der Waals surface area contributed by atoms with E-state index in [1.54, 1.807) is 60.7 Å². The Bertz CT molecular complexity index is 1570. The van der Waals surface area contributed by atoms with E-state index >= 15 is 0 Å². The Hall–Kier alpha value is -4.80. The van der Waals surface area contributed by atoms with Crippen LogP contribution in [0.4, 0.5) is 10.7 Å². The SMILES string of the molecule is O=C(Nc1nc(Cl)c2ncn(C(Cc3ccccc3)C(=O)O)c2n1)OC(O)(c1ccccc1)c1ccccc1. The Kier molecular flexibility index (Phi) is 7.22. The van der Waals surface area contributed by atoms with Crippen LogP contribution in [0.25, 0.3) is 11.2 Å². The van der Waals surface area contributed by atoms with Crippen LogP contribution in [0.2, 0.25) is 5.15 Å². The number of carboxylic acids is 1. The zero-order valence-electron chi connectivity index (χ0n) is 20.3. The third-order valence-electron chi connectivity index (χ3n) is 6.06. The van der Waals surface area contributed by atoms with E-state index in [4.69, 9.17) is 16.3 Å². The van der Waals surface area contributed by atoms with Crippen molar-refractivity contribution in [3.63, 3.8) is 0 Å². The number of ether oxygens (including phenoxy) is 1. The molecule has 2 heterocycles. The number of fused-ring (bicyclic) bond motifs is 1. The fourth-order valence-corrected chi connectivity index (χ4v) is 4.39. The summed E-state index contributed by atoms with van der Waals surface area (Å²) in [6, 6.07) is 24.9. The van der Waals surface area contributed by atoms with E-state index in [0.717, 1.165) is 5.56 Å². The van der Waals surface area contributed by atoms with Gasteiger partial charge in [-0.15, -0.1) is 0 Å². The quantitative estimate of drug-likeness (QED) is 0.187. The molecule has 1 atom stereocenters. The number of rotatable bonds is 8. The van der Waals surface area contributed by atoms with Crippen molar-refractivity contribution < 1.29 is 24.5 Å². The Morgan fingerprint density at radius 1 is 0.923 bits per heavy atom. The van der Waals surface area contributed by atoms with E-state index < -0.39 is 23.9 Å². The highest BCUT2D eigenvalue weighted by molar-refractivity contribution is 6.33. The standard InChI is InChI=1S/C28H22ClN5O5/c29-23-22-24(34(17-30-22)21(25(35)36)16-18-10-4-1-5-11-18)32-26(31-23)33-27(37)39-28(38,19-12-6-2-7-13-19)20-14-8-3-9-15-20/h1-15,17,21,38H,16H2,(H,35,36)(H,31,32,33,37). The van der Waals surface area contributed by atoms with Gasteiger partial charge in [-0.1, -0.05) is 103 Å². The first-order valence-corrected chi connectivity index (χ1v) is 12.2. The van der Waals surface area contributed by atoms with Crippen molar-refractivity contribution in [2.24, 2.45) is 0 Å². The average Bonchev–Trinajstić information content (AvgIpc) is 3.37. The Balaban J connectivity index is 1.45. The third kappa shape index (κ3) is 5.42. The first-order valence-electron chi connectivity index (χ1n) is 11.9. The van der Waals surface area contributed by atoms with E-state index in [-0.39, 0.29) is 28.7 Å². The van der Waals surface area contributed by atoms with Crippen LogP contribution in [-0.2, 0) is 21.7 Å². The van der Waals surface area contributed by atoms with Crippen molar-refractivity contribution >= 4 is 40.8 Å². The van der Waals surface area contributed by atoms with Gasteiger partial charge in [-0.2, -0.15) is 9.97 Å². The van der Waals surface area contributed by atoms with Crippen molar-refractivity contribution in [1.29, 1.82) is 0 Å². The fraction of sp³-hybridized carbons (Fsp3) is 0.107. The molecule has 0 radical (unpaired) electrons. The van der Waals surface area contributed by atoms with E-state index in [0.29, 0.717) is 11.1 Å². The third-order valence-corrected chi connectivity index (χ3v) is 6.32. The van der Waals surface area contributed by atoms with Gasteiger partial charge in [-0.25, -0.2) is 14.6 Å². The van der Waals surface area contributed by atoms with Gasteiger partial charge in [0.05, 0.1) is 6.33 Å². The molecule has 2 aromatic heterocycles. The number of aromatic nitrogens is 4. The number of hydrogen-bond donors (Lipinski definition) is 3. The summed E-state index contributed by atoms with van der Waals surface area (Å²) in [5, 5.41) is 23.7. The van der Waals surface area contributed by atoms with Gasteiger partial charge in [0.25, 0.3) is 5.79 Å². The molecule has 39 heavy (non-hydrogen) atoms. The first kappa shape index (κ1) is 25.8. The van der Waals surface area contributed by atoms with Crippen LogP contribution in [0, 0.1) is 0 Å². The van der Waals surface area contributed by atoms with Gasteiger partial charge >= 0.3 is 12.1 Å². The molecule has 1 amide bonds. The van der Waals surface area contributed by atoms with Crippen LogP contribution in [0.5, 0.6) is 0 Å². The molecular weight excluding hydrogens is 522 g/mol. The first-order chi connectivity index (χ1) is 18.8. The van der Waals surface area contributed by atoms with E-state index in [1.165, 1.54) is 10.9 Å². The van der Waals surface area contributed by atoms with E-state index in [2.05, 4.69) is 20.3 Å². The van der Waals surface area contributed by atoms with Gasteiger partial charge in [0.2, 0.25) is 5.95 Å². The van der Waals surface area contributed by atoms with Crippen molar-refractivity contribution in [3.8, 4) is 0 Å². The van der Waals surface area contributed by atoms with Crippen molar-refractivity contribution in [2.75, 3.05) is 5.32 Å². The Labute approximate surface area is 227 Å². The van der Waals surface area contributed by atoms with Crippen LogP contribution in [0.1, 0.15) is 22.7 Å². The summed E-state index contributed by atoms with van der Waals surface area (Å²) in [6.45, 7) is 0. The number of nitrogens with zero attached hydrogens (tertiary/aromatic N) is 4. The maximum Gasteiger partial charge on any atom is 0.417 e. The lowest BCUT2D eigenvalue weighted by molar-refractivity contribution is -0.140. The summed E-state index contributed by atoms with van der Waals surface area (Å²) in [6.07, 6.45) is 0.416. The minimum absolute atomic E-state index is 0.0979. The molecule has 0 saturated heterocycles. The fourth-order valence-electron chi connectivity index (χ4n) is 4.17. The topological polar surface area (TPSA) is 139 Å². The molecule has 0 bridgehead atoms. The molecule has 5 rings (SSSR count). The number of halogens is 1. The number of carbonyl (C=O) groups excluding carboxylic acids is 1. The monoisotopic (exact) mass is 543 g/mol. The number of carbonyl (C=O) groups is 2. The summed E-state index contributed by atoms with van der Waals surface area (Å²) < 4.78 is 6.87. The average molecular weight is 544 g/mol. The number of amides is 1. The van der Waals surface area contributed by atoms with E-state index in [1.807, 2.05) is 30.3 Å². The van der Waals surface area contributed by atoms with Crippen molar-refractivity contribution in [2.45, 2.75) is 18.2 Å². The largest absolute Gasteiger partial charge is 0.480 e. The highest BCUT2D eigenvalue weighted by Crippen LogP contribution is 2.32. The molecule has 196 valence electrons. The molecule has 10 nitrogen and oxygen atoms in total. The van der Waals surface area contributed by atoms with Crippen LogP contribution >= 0.6 is 11.6 Å². The molecule has 0 saturated carbocycles. The maximum absolute atomic E-state index is 13.0. The lowest BCUT2D eigenvalue weighted by Gasteiger charge is -2.28. The molecule has 0 fully saturated rings. The summed E-state index contributed by atoms with van der Waals surface area (Å²) >= 11 is 6.31. The predicted molar refractivity (Wildman–Crippen MR) is 143 cm³/mol. The van der Waals surface area contributed by atoms with Gasteiger partial charge in [0, 0.05) is 17.5 Å². The van der Waals surface area contributed by atoms with Crippen LogP contribution in [0.15, 0.2) is 97.3 Å². The molecule has 0 aliphatic carbocycles. The maximum atomic E-state index is 13.0. The molecule has 1 unspecified atom stereocenters. The van der Waals surface area contributed by atoms with Crippen LogP contribution < -0.4 is 5.32 Å². The summed E-state index contributed by atoms with van der Waals surface area (Å²) in [5.74, 6) is -3.48. The van der Waals surface area contributed by atoms with Gasteiger partial charge in [0.15, 0.2) is 10.8 Å². The highest BCUT2D eigenvalue weighted by Gasteiger charge is 2.36. The highest BCUT2D eigenvalue weighted by atomic mass is 35.5. The summed E-state index contributed by atoms with van der Waals surface area (Å²) in [4.78, 5) is 37.7. The number of anilines is 1. The number of aliphatic carboxylic acids is 1.